The van der Waals surface area contributed by atoms with Crippen LogP contribution in [-0.2, 0) is 39.8 Å². The number of nitrogens with zero attached hydrogens (tertiary/aromatic N) is 7. The van der Waals surface area contributed by atoms with Crippen LogP contribution in [-0.4, -0.2) is 115 Å². The molecule has 23 heteroatoms. The van der Waals surface area contributed by atoms with Crippen molar-refractivity contribution in [2.45, 2.75) is 25.3 Å². The summed E-state index contributed by atoms with van der Waals surface area (Å²) in [5.74, 6) is -1.09. The number of amides is 4. The van der Waals surface area contributed by atoms with Gasteiger partial charge in [0.05, 0.1) is 61.1 Å². The zero-order valence-corrected chi connectivity index (χ0v) is 39.2. The molecular weight excluding hydrogens is 914 g/mol. The summed E-state index contributed by atoms with van der Waals surface area (Å²) in [4.78, 5) is 87.4. The molecule has 1 fully saturated rings. The number of imidazole rings is 1. The van der Waals surface area contributed by atoms with E-state index >= 15 is 0 Å². The Balaban J connectivity index is 0.828. The van der Waals surface area contributed by atoms with E-state index in [0.29, 0.717) is 70.1 Å². The van der Waals surface area contributed by atoms with E-state index in [9.17, 15) is 33.4 Å². The van der Waals surface area contributed by atoms with Crippen molar-refractivity contribution in [2.24, 2.45) is 26.1 Å². The Hall–Kier alpha value is -7.78. The van der Waals surface area contributed by atoms with Gasteiger partial charge in [0.25, 0.3) is 23.6 Å². The standard InChI is InChI=1S/C46H50N11O11P/c1-27-16-32-22-47-34-21-39(38(66-6)20-33(34)45(61)57(32)23-27)67-13-7-8-41(58)50-40-26-55(4)42(51-40)44(60)49-30-18-36(53(2)24-30)43(59)48-31-19-37(54(3)25-31)46(62)56-12-11-28-17-29(9-10-35(28)56)52-69(63,64)68-15-14-65-5/h9-12,17-22,24-26,32H,1,7-8,13-16,23H2,2-6H3,(H,48,59)(H,49,60)(H,50,58)(H2,52,63,64). The second-order valence-electron chi connectivity index (χ2n) is 16.4. The monoisotopic (exact) mass is 963 g/mol. The van der Waals surface area contributed by atoms with Gasteiger partial charge >= 0.3 is 7.75 Å². The third-order valence-corrected chi connectivity index (χ3v) is 12.4. The molecule has 6 aromatic rings. The van der Waals surface area contributed by atoms with Crippen molar-refractivity contribution in [2.75, 3.05) is 61.6 Å². The van der Waals surface area contributed by atoms with E-state index in [1.807, 2.05) is 0 Å². The topological polar surface area (TPSA) is 256 Å². The first-order valence-corrected chi connectivity index (χ1v) is 23.1. The number of aromatic nitrogens is 5. The molecule has 2 aliphatic rings. The van der Waals surface area contributed by atoms with Crippen LogP contribution in [0.5, 0.6) is 11.5 Å². The molecule has 2 aromatic carbocycles. The van der Waals surface area contributed by atoms with Crippen LogP contribution in [0.15, 0.2) is 90.5 Å². The highest BCUT2D eigenvalue weighted by Gasteiger charge is 2.34. The molecule has 8 rings (SSSR count). The van der Waals surface area contributed by atoms with Crippen LogP contribution in [0, 0.1) is 0 Å². The lowest BCUT2D eigenvalue weighted by atomic mass is 10.1. The number of hydrogen-bond acceptors (Lipinski definition) is 12. The minimum absolute atomic E-state index is 0.00125. The lowest BCUT2D eigenvalue weighted by Gasteiger charge is -2.20. The maximum absolute atomic E-state index is 13.7. The van der Waals surface area contributed by atoms with Gasteiger partial charge in [-0.2, -0.15) is 0 Å². The molecule has 6 heterocycles. The van der Waals surface area contributed by atoms with Crippen molar-refractivity contribution in [3.63, 3.8) is 0 Å². The average Bonchev–Trinajstić information content (AvgIpc) is 4.13. The highest BCUT2D eigenvalue weighted by molar-refractivity contribution is 7.54. The normalized spacial score (nSPS) is 15.0. The molecule has 360 valence electrons. The van der Waals surface area contributed by atoms with Gasteiger partial charge in [0.1, 0.15) is 11.4 Å². The number of benzene rings is 2. The zero-order chi connectivity index (χ0) is 49.1. The Morgan fingerprint density at radius 1 is 0.855 bits per heavy atom. The van der Waals surface area contributed by atoms with Gasteiger partial charge in [-0.1, -0.05) is 12.2 Å². The molecular formula is C46H50N11O11P. The van der Waals surface area contributed by atoms with Crippen LogP contribution < -0.4 is 30.5 Å². The minimum Gasteiger partial charge on any atom is -0.493 e. The fourth-order valence-corrected chi connectivity index (χ4v) is 8.85. The molecule has 2 aliphatic heterocycles. The van der Waals surface area contributed by atoms with Gasteiger partial charge in [-0.15, -0.1) is 0 Å². The first-order valence-electron chi connectivity index (χ1n) is 21.6. The van der Waals surface area contributed by atoms with Gasteiger partial charge in [-0.3, -0.25) is 43.1 Å². The summed E-state index contributed by atoms with van der Waals surface area (Å²) in [6.07, 6.45) is 9.05. The average molecular weight is 964 g/mol. The van der Waals surface area contributed by atoms with E-state index in [1.165, 1.54) is 46.3 Å². The van der Waals surface area contributed by atoms with Gasteiger partial charge < -0.3 is 53.7 Å². The summed E-state index contributed by atoms with van der Waals surface area (Å²) in [5, 5.41) is 11.4. The van der Waals surface area contributed by atoms with Crippen LogP contribution in [0.25, 0.3) is 10.9 Å². The largest absolute Gasteiger partial charge is 0.493 e. The predicted molar refractivity (Wildman–Crippen MR) is 256 cm³/mol. The number of carbonyl (C=O) groups excluding carboxylic acids is 5. The van der Waals surface area contributed by atoms with Gasteiger partial charge in [0, 0.05) is 89.4 Å². The molecule has 1 saturated heterocycles. The molecule has 0 saturated carbocycles. The highest BCUT2D eigenvalue weighted by Crippen LogP contribution is 2.42. The van der Waals surface area contributed by atoms with E-state index in [-0.39, 0.29) is 67.1 Å². The van der Waals surface area contributed by atoms with Crippen LogP contribution in [0.1, 0.15) is 61.2 Å². The van der Waals surface area contributed by atoms with Gasteiger partial charge in [-0.25, -0.2) is 9.55 Å². The molecule has 4 amide bonds. The van der Waals surface area contributed by atoms with Crippen molar-refractivity contribution < 1.29 is 52.2 Å². The lowest BCUT2D eigenvalue weighted by molar-refractivity contribution is -0.116. The minimum atomic E-state index is -4.15. The van der Waals surface area contributed by atoms with Crippen LogP contribution in [0.4, 0.5) is 28.6 Å². The Morgan fingerprint density at radius 3 is 2.35 bits per heavy atom. The van der Waals surface area contributed by atoms with Crippen LogP contribution in [0.2, 0.25) is 0 Å². The summed E-state index contributed by atoms with van der Waals surface area (Å²) in [6, 6.07) is 12.6. The molecule has 0 aliphatic carbocycles. The summed E-state index contributed by atoms with van der Waals surface area (Å²) in [7, 11) is 3.68. The summed E-state index contributed by atoms with van der Waals surface area (Å²) in [5.41, 5.74) is 3.81. The zero-order valence-electron chi connectivity index (χ0n) is 38.3. The quantitative estimate of drug-likeness (QED) is 0.0393. The number of aliphatic imine (C=N–C) groups is 1. The van der Waals surface area contributed by atoms with E-state index in [0.717, 1.165) is 5.57 Å². The molecule has 0 bridgehead atoms. The molecule has 0 spiro atoms. The Morgan fingerprint density at radius 2 is 1.59 bits per heavy atom. The second kappa shape index (κ2) is 19.8. The van der Waals surface area contributed by atoms with Gasteiger partial charge in [-0.05, 0) is 55.3 Å². The van der Waals surface area contributed by atoms with Crippen LogP contribution in [0.3, 0.4) is 0 Å². The Labute approximate surface area is 395 Å². The summed E-state index contributed by atoms with van der Waals surface area (Å²) >= 11 is 0. The van der Waals surface area contributed by atoms with Crippen molar-refractivity contribution in [3.8, 4) is 11.5 Å². The number of methoxy groups -OCH3 is 2. The van der Waals surface area contributed by atoms with Gasteiger partial charge in [0.15, 0.2) is 17.3 Å². The number of ether oxygens (including phenoxy) is 3. The van der Waals surface area contributed by atoms with Crippen molar-refractivity contribution >= 4 is 83.0 Å². The van der Waals surface area contributed by atoms with Gasteiger partial charge in [0.2, 0.25) is 11.7 Å². The maximum atomic E-state index is 13.7. The number of carbonyl (C=O) groups is 5. The molecule has 4 aromatic heterocycles. The summed E-state index contributed by atoms with van der Waals surface area (Å²) < 4.78 is 39.7. The smallest absolute Gasteiger partial charge is 0.430 e. The van der Waals surface area contributed by atoms with Crippen molar-refractivity contribution in [1.82, 2.24) is 28.2 Å². The predicted octanol–water partition coefficient (Wildman–Crippen LogP) is 5.71. The van der Waals surface area contributed by atoms with E-state index in [1.54, 1.807) is 91.8 Å². The SMILES string of the molecule is C=C1CC2C=Nc3cc(OCCCC(=O)Nc4cn(C)c(C(=O)Nc5cc(C(=O)Nc6cc(C(=O)n7ccc8cc(NP(=O)(O)OCCOC)ccc87)n(C)c6)n(C)c5)n4)c(OC)cc3C(=O)N2C1. The molecule has 69 heavy (non-hydrogen) atoms. The first-order chi connectivity index (χ1) is 33.0. The van der Waals surface area contributed by atoms with E-state index < -0.39 is 25.5 Å². The molecule has 22 nitrogen and oxygen atoms in total. The maximum Gasteiger partial charge on any atom is 0.430 e. The number of hydrogen-bond donors (Lipinski definition) is 5. The number of nitrogens with one attached hydrogen (secondary N) is 4. The summed E-state index contributed by atoms with van der Waals surface area (Å²) in [6.45, 7) is 4.71. The van der Waals surface area contributed by atoms with E-state index in [4.69, 9.17) is 18.7 Å². The lowest BCUT2D eigenvalue weighted by Crippen LogP contribution is -2.35. The van der Waals surface area contributed by atoms with Crippen molar-refractivity contribution in [1.29, 1.82) is 0 Å². The van der Waals surface area contributed by atoms with Crippen molar-refractivity contribution in [3.05, 3.63) is 108 Å². The molecule has 5 N–H and O–H groups in total. The van der Waals surface area contributed by atoms with E-state index in [2.05, 4.69) is 37.6 Å². The fraction of sp³-hybridized carbons (Fsp3) is 0.283. The molecule has 0 radical (unpaired) electrons. The van der Waals surface area contributed by atoms with Crippen LogP contribution >= 0.6 is 7.75 Å². The number of anilines is 4. The fourth-order valence-electron chi connectivity index (χ4n) is 8.00. The Bertz CT molecular complexity index is 3110. The molecule has 2 unspecified atom stereocenters. The highest BCUT2D eigenvalue weighted by atomic mass is 31.2. The number of rotatable bonds is 18. The number of fused-ring (bicyclic) bond motifs is 3. The first kappa shape index (κ1) is 47.7. The Kier molecular flexibility index (Phi) is 13.7. The molecule has 2 atom stereocenters. The number of aryl methyl sites for hydroxylation is 3. The third-order valence-electron chi connectivity index (χ3n) is 11.3. The third kappa shape index (κ3) is 10.5. The second-order valence-corrected chi connectivity index (χ2v) is 17.9.